The van der Waals surface area contributed by atoms with Crippen molar-refractivity contribution < 1.29 is 14.3 Å². The summed E-state index contributed by atoms with van der Waals surface area (Å²) in [6.45, 7) is 8.15. The Morgan fingerprint density at radius 2 is 2.10 bits per heavy atom. The smallest absolute Gasteiger partial charge is 0.410 e. The third-order valence-electron chi connectivity index (χ3n) is 3.04. The Bertz CT molecular complexity index is 544. The maximum Gasteiger partial charge on any atom is 0.410 e. The van der Waals surface area contributed by atoms with Crippen LogP contribution in [0.25, 0.3) is 0 Å². The van der Waals surface area contributed by atoms with E-state index in [9.17, 15) is 9.59 Å². The van der Waals surface area contributed by atoms with E-state index in [1.807, 2.05) is 27.7 Å². The minimum atomic E-state index is -0.536. The van der Waals surface area contributed by atoms with Gasteiger partial charge < -0.3 is 15.0 Å². The van der Waals surface area contributed by atoms with Crippen LogP contribution in [0.5, 0.6) is 0 Å². The number of rotatable bonds is 1. The molecule has 20 heavy (non-hydrogen) atoms. The lowest BCUT2D eigenvalue weighted by Crippen LogP contribution is -2.43. The zero-order valence-corrected chi connectivity index (χ0v) is 12.2. The molecule has 0 radical (unpaired) electrons. The van der Waals surface area contributed by atoms with E-state index in [1.54, 1.807) is 9.47 Å². The van der Waals surface area contributed by atoms with Gasteiger partial charge in [-0.05, 0) is 27.7 Å². The number of amides is 2. The number of aromatic nitrogens is 2. The second kappa shape index (κ2) is 4.81. The minimum Gasteiger partial charge on any atom is -0.444 e. The number of carbonyl (C=O) groups is 2. The van der Waals surface area contributed by atoms with Crippen LogP contribution in [0.1, 0.15) is 50.0 Å². The number of imidazole rings is 1. The van der Waals surface area contributed by atoms with Crippen LogP contribution in [0, 0.1) is 0 Å². The summed E-state index contributed by atoms with van der Waals surface area (Å²) < 4.78 is 7.13. The number of nitrogens with two attached hydrogens (primary N) is 1. The Hall–Kier alpha value is -2.05. The maximum absolute atomic E-state index is 12.1. The zero-order chi connectivity index (χ0) is 15.1. The molecule has 7 heteroatoms. The zero-order valence-electron chi connectivity index (χ0n) is 12.2. The van der Waals surface area contributed by atoms with E-state index >= 15 is 0 Å². The molecule has 0 saturated heterocycles. The van der Waals surface area contributed by atoms with E-state index in [4.69, 9.17) is 10.5 Å². The number of primary amides is 1. The molecule has 110 valence electrons. The van der Waals surface area contributed by atoms with Gasteiger partial charge in [-0.2, -0.15) is 0 Å². The SMILES string of the molecule is CC1CN(C(=O)OC(C)(C)C)Cc2ncc(C(N)=O)n21. The molecule has 1 aliphatic rings. The lowest BCUT2D eigenvalue weighted by molar-refractivity contribution is 0.0169. The first kappa shape index (κ1) is 14.4. The number of hydrogen-bond acceptors (Lipinski definition) is 4. The highest BCUT2D eigenvalue weighted by molar-refractivity contribution is 5.91. The van der Waals surface area contributed by atoms with E-state index in [-0.39, 0.29) is 12.1 Å². The van der Waals surface area contributed by atoms with Gasteiger partial charge in [0.15, 0.2) is 0 Å². The van der Waals surface area contributed by atoms with Gasteiger partial charge >= 0.3 is 6.09 Å². The highest BCUT2D eigenvalue weighted by Gasteiger charge is 2.31. The van der Waals surface area contributed by atoms with Crippen molar-refractivity contribution in [3.05, 3.63) is 17.7 Å². The summed E-state index contributed by atoms with van der Waals surface area (Å²) >= 11 is 0. The molecule has 1 unspecified atom stereocenters. The quantitative estimate of drug-likeness (QED) is 0.839. The van der Waals surface area contributed by atoms with E-state index < -0.39 is 11.5 Å². The third-order valence-corrected chi connectivity index (χ3v) is 3.04. The molecule has 2 amide bonds. The number of carbonyl (C=O) groups excluding carboxylic acids is 2. The molecule has 0 aliphatic carbocycles. The van der Waals surface area contributed by atoms with Gasteiger partial charge in [0.05, 0.1) is 18.8 Å². The van der Waals surface area contributed by atoms with Gasteiger partial charge in [0, 0.05) is 6.54 Å². The molecule has 7 nitrogen and oxygen atoms in total. The molecule has 0 saturated carbocycles. The molecule has 0 aromatic carbocycles. The molecular formula is C13H20N4O3. The molecule has 0 fully saturated rings. The molecular weight excluding hydrogens is 260 g/mol. The predicted octanol–water partition coefficient (Wildman–Crippen LogP) is 1.29. The maximum atomic E-state index is 12.1. The van der Waals surface area contributed by atoms with E-state index in [0.717, 1.165) is 0 Å². The normalized spacial score (nSPS) is 18.6. The molecule has 0 spiro atoms. The first-order chi connectivity index (χ1) is 9.19. The fraction of sp³-hybridized carbons (Fsp3) is 0.615. The summed E-state index contributed by atoms with van der Waals surface area (Å²) in [5.74, 6) is 0.129. The van der Waals surface area contributed by atoms with Gasteiger partial charge in [-0.3, -0.25) is 9.69 Å². The molecule has 1 aromatic heterocycles. The highest BCUT2D eigenvalue weighted by Crippen LogP contribution is 2.24. The average Bonchev–Trinajstić information content (AvgIpc) is 2.70. The number of hydrogen-bond donors (Lipinski definition) is 1. The van der Waals surface area contributed by atoms with Gasteiger partial charge in [0.25, 0.3) is 5.91 Å². The number of fused-ring (bicyclic) bond motifs is 1. The standard InChI is InChI=1S/C13H20N4O3/c1-8-6-16(12(19)20-13(2,3)4)7-10-15-5-9(11(14)18)17(8)10/h5,8H,6-7H2,1-4H3,(H2,14,18). The second-order valence-corrected chi connectivity index (χ2v) is 6.00. The van der Waals surface area contributed by atoms with Crippen LogP contribution in [-0.4, -0.2) is 38.6 Å². The molecule has 2 N–H and O–H groups in total. The van der Waals surface area contributed by atoms with Gasteiger partial charge in [0.1, 0.15) is 17.1 Å². The van der Waals surface area contributed by atoms with Crippen molar-refractivity contribution in [3.63, 3.8) is 0 Å². The highest BCUT2D eigenvalue weighted by atomic mass is 16.6. The lowest BCUT2D eigenvalue weighted by atomic mass is 10.2. The van der Waals surface area contributed by atoms with Crippen LogP contribution >= 0.6 is 0 Å². The van der Waals surface area contributed by atoms with Crippen LogP contribution in [0.4, 0.5) is 4.79 Å². The molecule has 1 aliphatic heterocycles. The molecule has 0 bridgehead atoms. The minimum absolute atomic E-state index is 0.0729. The van der Waals surface area contributed by atoms with Crippen LogP contribution in [0.15, 0.2) is 6.20 Å². The van der Waals surface area contributed by atoms with Crippen molar-refractivity contribution in [2.45, 2.75) is 45.9 Å². The van der Waals surface area contributed by atoms with Crippen LogP contribution in [0.3, 0.4) is 0 Å². The van der Waals surface area contributed by atoms with Crippen molar-refractivity contribution >= 4 is 12.0 Å². The van der Waals surface area contributed by atoms with Crippen molar-refractivity contribution in [2.24, 2.45) is 5.73 Å². The Morgan fingerprint density at radius 1 is 1.45 bits per heavy atom. The van der Waals surface area contributed by atoms with Crippen molar-refractivity contribution in [2.75, 3.05) is 6.54 Å². The first-order valence-corrected chi connectivity index (χ1v) is 6.53. The molecule has 2 heterocycles. The van der Waals surface area contributed by atoms with E-state index in [1.165, 1.54) is 6.20 Å². The Morgan fingerprint density at radius 3 is 2.65 bits per heavy atom. The van der Waals surface area contributed by atoms with E-state index in [0.29, 0.717) is 24.6 Å². The van der Waals surface area contributed by atoms with Crippen LogP contribution in [0.2, 0.25) is 0 Å². The summed E-state index contributed by atoms with van der Waals surface area (Å²) in [6, 6.07) is -0.0729. The van der Waals surface area contributed by atoms with Crippen molar-refractivity contribution in [1.29, 1.82) is 0 Å². The second-order valence-electron chi connectivity index (χ2n) is 6.00. The van der Waals surface area contributed by atoms with Gasteiger partial charge in [-0.25, -0.2) is 9.78 Å². The van der Waals surface area contributed by atoms with Crippen LogP contribution in [-0.2, 0) is 11.3 Å². The lowest BCUT2D eigenvalue weighted by Gasteiger charge is -2.34. The monoisotopic (exact) mass is 280 g/mol. The Kier molecular flexibility index (Phi) is 3.45. The van der Waals surface area contributed by atoms with Crippen molar-refractivity contribution in [3.8, 4) is 0 Å². The average molecular weight is 280 g/mol. The predicted molar refractivity (Wildman–Crippen MR) is 72.1 cm³/mol. The summed E-state index contributed by atoms with van der Waals surface area (Å²) in [6.07, 6.45) is 1.08. The Balaban J connectivity index is 2.20. The molecule has 1 aromatic rings. The summed E-state index contributed by atoms with van der Waals surface area (Å²) in [7, 11) is 0. The number of ether oxygens (including phenoxy) is 1. The fourth-order valence-electron chi connectivity index (χ4n) is 2.29. The fourth-order valence-corrected chi connectivity index (χ4v) is 2.29. The van der Waals surface area contributed by atoms with Crippen molar-refractivity contribution in [1.82, 2.24) is 14.5 Å². The van der Waals surface area contributed by atoms with Gasteiger partial charge in [0.2, 0.25) is 0 Å². The van der Waals surface area contributed by atoms with Gasteiger partial charge in [-0.15, -0.1) is 0 Å². The summed E-state index contributed by atoms with van der Waals surface area (Å²) in [5.41, 5.74) is 5.15. The summed E-state index contributed by atoms with van der Waals surface area (Å²) in [5, 5.41) is 0. The van der Waals surface area contributed by atoms with Gasteiger partial charge in [-0.1, -0.05) is 0 Å². The Labute approximate surface area is 117 Å². The molecule has 1 atom stereocenters. The first-order valence-electron chi connectivity index (χ1n) is 6.53. The van der Waals surface area contributed by atoms with Crippen LogP contribution < -0.4 is 5.73 Å². The van der Waals surface area contributed by atoms with E-state index in [2.05, 4.69) is 4.98 Å². The number of nitrogens with zero attached hydrogens (tertiary/aromatic N) is 3. The summed E-state index contributed by atoms with van der Waals surface area (Å²) in [4.78, 5) is 29.2. The molecule has 2 rings (SSSR count). The largest absolute Gasteiger partial charge is 0.444 e. The topological polar surface area (TPSA) is 90.5 Å². The third kappa shape index (κ3) is 2.76.